The van der Waals surface area contributed by atoms with Crippen molar-refractivity contribution in [3.05, 3.63) is 62.5 Å². The molecule has 0 saturated heterocycles. The van der Waals surface area contributed by atoms with Gasteiger partial charge in [0.25, 0.3) is 0 Å². The molecular formula is C16H17Br2NO. The second-order valence-electron chi connectivity index (χ2n) is 4.83. The molecule has 0 aliphatic heterocycles. The first-order chi connectivity index (χ1) is 9.49. The molecule has 1 atom stereocenters. The van der Waals surface area contributed by atoms with Crippen LogP contribution in [0.4, 0.5) is 5.69 Å². The van der Waals surface area contributed by atoms with Crippen molar-refractivity contribution in [2.45, 2.75) is 19.6 Å². The number of rotatable bonds is 4. The van der Waals surface area contributed by atoms with Crippen LogP contribution in [0, 0.1) is 0 Å². The Morgan fingerprint density at radius 1 is 1.10 bits per heavy atom. The van der Waals surface area contributed by atoms with Crippen LogP contribution in [-0.2, 0) is 6.54 Å². The van der Waals surface area contributed by atoms with E-state index >= 15 is 0 Å². The van der Waals surface area contributed by atoms with Crippen LogP contribution in [0.3, 0.4) is 0 Å². The zero-order valence-electron chi connectivity index (χ0n) is 11.5. The molecule has 0 fully saturated rings. The van der Waals surface area contributed by atoms with Crippen molar-refractivity contribution >= 4 is 37.5 Å². The Morgan fingerprint density at radius 3 is 2.40 bits per heavy atom. The van der Waals surface area contributed by atoms with Crippen LogP contribution in [0.5, 0.6) is 0 Å². The second kappa shape index (κ2) is 6.74. The van der Waals surface area contributed by atoms with E-state index in [2.05, 4.69) is 55.9 Å². The Kier molecular flexibility index (Phi) is 5.24. The van der Waals surface area contributed by atoms with Crippen LogP contribution in [0.15, 0.2) is 51.4 Å². The zero-order chi connectivity index (χ0) is 14.7. The number of halogens is 2. The van der Waals surface area contributed by atoms with E-state index in [4.69, 9.17) is 0 Å². The van der Waals surface area contributed by atoms with Gasteiger partial charge in [-0.1, -0.05) is 40.2 Å². The molecule has 1 N–H and O–H groups in total. The molecule has 0 unspecified atom stereocenters. The normalized spacial score (nSPS) is 12.2. The van der Waals surface area contributed by atoms with Crippen molar-refractivity contribution in [2.24, 2.45) is 0 Å². The van der Waals surface area contributed by atoms with Crippen LogP contribution in [0.25, 0.3) is 0 Å². The molecule has 0 bridgehead atoms. The fourth-order valence-corrected chi connectivity index (χ4v) is 3.17. The van der Waals surface area contributed by atoms with Crippen LogP contribution in [-0.4, -0.2) is 12.2 Å². The van der Waals surface area contributed by atoms with Crippen molar-refractivity contribution < 1.29 is 5.11 Å². The van der Waals surface area contributed by atoms with Gasteiger partial charge in [-0.15, -0.1) is 0 Å². The van der Waals surface area contributed by atoms with Crippen molar-refractivity contribution in [3.8, 4) is 0 Å². The number of aliphatic hydroxyl groups excluding tert-OH is 1. The van der Waals surface area contributed by atoms with Gasteiger partial charge in [-0.25, -0.2) is 0 Å². The molecule has 0 aliphatic rings. The first-order valence-electron chi connectivity index (χ1n) is 6.41. The molecule has 0 saturated carbocycles. The minimum atomic E-state index is -0.450. The highest BCUT2D eigenvalue weighted by Crippen LogP contribution is 2.30. The molecule has 0 aliphatic carbocycles. The van der Waals surface area contributed by atoms with Crippen LogP contribution in [0.1, 0.15) is 24.2 Å². The lowest BCUT2D eigenvalue weighted by Gasteiger charge is -2.22. The number of hydrogen-bond acceptors (Lipinski definition) is 2. The molecule has 2 rings (SSSR count). The summed E-state index contributed by atoms with van der Waals surface area (Å²) in [4.78, 5) is 2.18. The van der Waals surface area contributed by atoms with Crippen LogP contribution < -0.4 is 4.90 Å². The van der Waals surface area contributed by atoms with E-state index in [0.29, 0.717) is 0 Å². The molecule has 0 spiro atoms. The molecule has 106 valence electrons. The lowest BCUT2D eigenvalue weighted by molar-refractivity contribution is 0.199. The Labute approximate surface area is 136 Å². The summed E-state index contributed by atoms with van der Waals surface area (Å²) in [7, 11) is 2.06. The summed E-state index contributed by atoms with van der Waals surface area (Å²) < 4.78 is 2.11. The third-order valence-corrected chi connectivity index (χ3v) is 4.64. The van der Waals surface area contributed by atoms with Gasteiger partial charge in [0, 0.05) is 22.5 Å². The van der Waals surface area contributed by atoms with Gasteiger partial charge in [0.05, 0.1) is 11.8 Å². The van der Waals surface area contributed by atoms with Gasteiger partial charge in [0.2, 0.25) is 0 Å². The summed E-state index contributed by atoms with van der Waals surface area (Å²) in [5.41, 5.74) is 3.25. The monoisotopic (exact) mass is 397 g/mol. The Hall–Kier alpha value is -0.840. The summed E-state index contributed by atoms with van der Waals surface area (Å²) in [5, 5.41) is 9.61. The van der Waals surface area contributed by atoms with E-state index in [-0.39, 0.29) is 0 Å². The predicted molar refractivity (Wildman–Crippen MR) is 91.0 cm³/mol. The molecule has 2 nitrogen and oxygen atoms in total. The highest BCUT2D eigenvalue weighted by atomic mass is 79.9. The molecule has 0 radical (unpaired) electrons. The largest absolute Gasteiger partial charge is 0.389 e. The fraction of sp³-hybridized carbons (Fsp3) is 0.250. The standard InChI is InChI=1S/C16H17Br2NO/c1-11(20)12-7-8-16(15(18)9-12)19(2)10-13-5-3-4-6-14(13)17/h3-9,11,20H,10H2,1-2H3/t11-/m0/s1. The molecular weight excluding hydrogens is 382 g/mol. The highest BCUT2D eigenvalue weighted by molar-refractivity contribution is 9.11. The predicted octanol–water partition coefficient (Wildman–Crippen LogP) is 4.90. The SMILES string of the molecule is C[C@H](O)c1ccc(N(C)Cc2ccccc2Br)c(Br)c1. The maximum Gasteiger partial charge on any atom is 0.0762 e. The van der Waals surface area contributed by atoms with E-state index in [1.165, 1.54) is 5.56 Å². The number of aliphatic hydroxyl groups is 1. The smallest absolute Gasteiger partial charge is 0.0762 e. The summed E-state index contributed by atoms with van der Waals surface area (Å²) >= 11 is 7.16. The summed E-state index contributed by atoms with van der Waals surface area (Å²) in [6.07, 6.45) is -0.450. The van der Waals surface area contributed by atoms with Gasteiger partial charge >= 0.3 is 0 Å². The maximum atomic E-state index is 9.61. The molecule has 0 heterocycles. The summed E-state index contributed by atoms with van der Waals surface area (Å²) in [6, 6.07) is 14.2. The Balaban J connectivity index is 2.21. The van der Waals surface area contributed by atoms with Gasteiger partial charge in [-0.05, 0) is 52.2 Å². The van der Waals surface area contributed by atoms with E-state index < -0.39 is 6.10 Å². The van der Waals surface area contributed by atoms with Gasteiger partial charge in [0.15, 0.2) is 0 Å². The highest BCUT2D eigenvalue weighted by Gasteiger charge is 2.10. The molecule has 2 aromatic rings. The lowest BCUT2D eigenvalue weighted by Crippen LogP contribution is -2.17. The fourth-order valence-electron chi connectivity index (χ4n) is 2.06. The maximum absolute atomic E-state index is 9.61. The molecule has 0 amide bonds. The van der Waals surface area contributed by atoms with Gasteiger partial charge in [0.1, 0.15) is 0 Å². The van der Waals surface area contributed by atoms with Crippen molar-refractivity contribution in [1.29, 1.82) is 0 Å². The third kappa shape index (κ3) is 3.62. The average Bonchev–Trinajstić information content (AvgIpc) is 2.41. The van der Waals surface area contributed by atoms with Gasteiger partial charge < -0.3 is 10.0 Å². The number of anilines is 1. The lowest BCUT2D eigenvalue weighted by atomic mass is 10.1. The first kappa shape index (κ1) is 15.5. The number of hydrogen-bond donors (Lipinski definition) is 1. The van der Waals surface area contributed by atoms with Crippen LogP contribution in [0.2, 0.25) is 0 Å². The topological polar surface area (TPSA) is 23.5 Å². The minimum absolute atomic E-state index is 0.450. The average molecular weight is 399 g/mol. The molecule has 0 aromatic heterocycles. The van der Waals surface area contributed by atoms with E-state index in [1.807, 2.05) is 30.3 Å². The Morgan fingerprint density at radius 2 is 1.80 bits per heavy atom. The minimum Gasteiger partial charge on any atom is -0.389 e. The van der Waals surface area contributed by atoms with E-state index in [1.54, 1.807) is 6.92 Å². The summed E-state index contributed by atoms with van der Waals surface area (Å²) in [6.45, 7) is 2.58. The van der Waals surface area contributed by atoms with Crippen molar-refractivity contribution in [3.63, 3.8) is 0 Å². The quantitative estimate of drug-likeness (QED) is 0.791. The zero-order valence-corrected chi connectivity index (χ0v) is 14.6. The molecule has 20 heavy (non-hydrogen) atoms. The second-order valence-corrected chi connectivity index (χ2v) is 6.54. The molecule has 4 heteroatoms. The van der Waals surface area contributed by atoms with Crippen molar-refractivity contribution in [1.82, 2.24) is 0 Å². The van der Waals surface area contributed by atoms with Crippen LogP contribution >= 0.6 is 31.9 Å². The Bertz CT molecular complexity index is 599. The third-order valence-electron chi connectivity index (χ3n) is 3.23. The number of nitrogens with zero attached hydrogens (tertiary/aromatic N) is 1. The van der Waals surface area contributed by atoms with E-state index in [0.717, 1.165) is 26.7 Å². The number of benzene rings is 2. The van der Waals surface area contributed by atoms with Gasteiger partial charge in [-0.3, -0.25) is 0 Å². The van der Waals surface area contributed by atoms with E-state index in [9.17, 15) is 5.11 Å². The first-order valence-corrected chi connectivity index (χ1v) is 7.99. The summed E-state index contributed by atoms with van der Waals surface area (Å²) in [5.74, 6) is 0. The molecule has 2 aromatic carbocycles. The van der Waals surface area contributed by atoms with Gasteiger partial charge in [-0.2, -0.15) is 0 Å². The van der Waals surface area contributed by atoms with Crippen molar-refractivity contribution in [2.75, 3.05) is 11.9 Å².